The van der Waals surface area contributed by atoms with Crippen LogP contribution >= 0.6 is 11.8 Å². The molecule has 156 valence electrons. The van der Waals surface area contributed by atoms with Gasteiger partial charge in [-0.1, -0.05) is 55.4 Å². The van der Waals surface area contributed by atoms with Crippen molar-refractivity contribution in [1.82, 2.24) is 19.4 Å². The zero-order valence-electron chi connectivity index (χ0n) is 17.5. The Morgan fingerprint density at radius 3 is 2.52 bits per heavy atom. The minimum absolute atomic E-state index is 0.0859. The molecule has 2 heterocycles. The summed E-state index contributed by atoms with van der Waals surface area (Å²) >= 11 is 1.42. The molecule has 1 fully saturated rings. The molecule has 0 saturated carbocycles. The SMILES string of the molecule is CCCC(Sc1nc(C)cc(=O)n1C)C(=O)N1CCN(Cc2ccccc2)CC1. The molecule has 1 unspecified atom stereocenters. The number of piperazine rings is 1. The van der Waals surface area contributed by atoms with E-state index in [2.05, 4.69) is 41.1 Å². The van der Waals surface area contributed by atoms with E-state index in [9.17, 15) is 9.59 Å². The lowest BCUT2D eigenvalue weighted by Gasteiger charge is -2.36. The van der Waals surface area contributed by atoms with Gasteiger partial charge in [-0.3, -0.25) is 19.1 Å². The quantitative estimate of drug-likeness (QED) is 0.515. The third kappa shape index (κ3) is 5.70. The van der Waals surface area contributed by atoms with Gasteiger partial charge >= 0.3 is 0 Å². The van der Waals surface area contributed by atoms with Gasteiger partial charge in [0, 0.05) is 51.5 Å². The second-order valence-corrected chi connectivity index (χ2v) is 8.73. The zero-order chi connectivity index (χ0) is 20.8. The number of benzene rings is 1. The molecule has 1 amide bonds. The maximum absolute atomic E-state index is 13.2. The lowest BCUT2D eigenvalue weighted by Crippen LogP contribution is -2.50. The molecule has 0 spiro atoms. The van der Waals surface area contributed by atoms with Crippen LogP contribution in [-0.4, -0.2) is 56.7 Å². The molecule has 0 radical (unpaired) electrons. The highest BCUT2D eigenvalue weighted by molar-refractivity contribution is 8.00. The Morgan fingerprint density at radius 2 is 1.86 bits per heavy atom. The molecular formula is C22H30N4O2S. The van der Waals surface area contributed by atoms with E-state index in [1.54, 1.807) is 7.05 Å². The number of carbonyl (C=O) groups excluding carboxylic acids is 1. The van der Waals surface area contributed by atoms with Crippen molar-refractivity contribution in [2.45, 2.75) is 43.6 Å². The van der Waals surface area contributed by atoms with E-state index in [0.717, 1.165) is 45.6 Å². The summed E-state index contributed by atoms with van der Waals surface area (Å²) in [5.41, 5.74) is 1.91. The van der Waals surface area contributed by atoms with Gasteiger partial charge in [-0.15, -0.1) is 0 Å². The van der Waals surface area contributed by atoms with Crippen LogP contribution in [0.25, 0.3) is 0 Å². The van der Waals surface area contributed by atoms with E-state index in [0.29, 0.717) is 10.9 Å². The minimum atomic E-state index is -0.208. The Bertz CT molecular complexity index is 876. The van der Waals surface area contributed by atoms with E-state index in [-0.39, 0.29) is 16.7 Å². The van der Waals surface area contributed by atoms with Gasteiger partial charge in [0.1, 0.15) is 0 Å². The van der Waals surface area contributed by atoms with Crippen LogP contribution in [0.5, 0.6) is 0 Å². The van der Waals surface area contributed by atoms with E-state index >= 15 is 0 Å². The molecule has 1 aromatic heterocycles. The van der Waals surface area contributed by atoms with E-state index in [4.69, 9.17) is 0 Å². The predicted octanol–water partition coefficient (Wildman–Crippen LogP) is 2.69. The molecule has 1 aliphatic rings. The largest absolute Gasteiger partial charge is 0.339 e. The van der Waals surface area contributed by atoms with Crippen molar-refractivity contribution < 1.29 is 4.79 Å². The smallest absolute Gasteiger partial charge is 0.254 e. The number of rotatable bonds is 7. The molecule has 0 N–H and O–H groups in total. The fourth-order valence-corrected chi connectivity index (χ4v) is 4.83. The normalized spacial score (nSPS) is 16.0. The van der Waals surface area contributed by atoms with Gasteiger partial charge in [0.2, 0.25) is 5.91 Å². The summed E-state index contributed by atoms with van der Waals surface area (Å²) in [6, 6.07) is 12.0. The Labute approximate surface area is 176 Å². The summed E-state index contributed by atoms with van der Waals surface area (Å²) in [4.78, 5) is 34.1. The third-order valence-electron chi connectivity index (χ3n) is 5.23. The van der Waals surface area contributed by atoms with Crippen LogP contribution in [0, 0.1) is 6.92 Å². The van der Waals surface area contributed by atoms with Crippen molar-refractivity contribution in [1.29, 1.82) is 0 Å². The average Bonchev–Trinajstić information content (AvgIpc) is 2.72. The first-order chi connectivity index (χ1) is 14.0. The standard InChI is InChI=1S/C22H30N4O2S/c1-4-8-19(29-22-23-17(2)15-20(27)24(22)3)21(28)26-13-11-25(12-14-26)16-18-9-6-5-7-10-18/h5-7,9-10,15,19H,4,8,11-14,16H2,1-3H3. The molecule has 0 aliphatic carbocycles. The number of carbonyl (C=O) groups is 1. The van der Waals surface area contributed by atoms with Crippen molar-refractivity contribution in [3.05, 3.63) is 58.0 Å². The lowest BCUT2D eigenvalue weighted by molar-refractivity contribution is -0.132. The van der Waals surface area contributed by atoms with Crippen molar-refractivity contribution in [3.8, 4) is 0 Å². The molecule has 2 aromatic rings. The molecule has 1 aromatic carbocycles. The molecule has 1 saturated heterocycles. The first-order valence-electron chi connectivity index (χ1n) is 10.2. The summed E-state index contributed by atoms with van der Waals surface area (Å²) in [7, 11) is 1.72. The van der Waals surface area contributed by atoms with Gasteiger partial charge in [0.25, 0.3) is 5.56 Å². The monoisotopic (exact) mass is 414 g/mol. The Hall–Kier alpha value is -2.12. The Kier molecular flexibility index (Phi) is 7.50. The number of amides is 1. The van der Waals surface area contributed by atoms with Crippen LogP contribution in [0.4, 0.5) is 0 Å². The van der Waals surface area contributed by atoms with Crippen molar-refractivity contribution in [2.24, 2.45) is 7.05 Å². The first kappa shape index (κ1) is 21.6. The van der Waals surface area contributed by atoms with Crippen molar-refractivity contribution >= 4 is 17.7 Å². The highest BCUT2D eigenvalue weighted by Gasteiger charge is 2.28. The maximum Gasteiger partial charge on any atom is 0.254 e. The number of thioether (sulfide) groups is 1. The van der Waals surface area contributed by atoms with E-state index in [1.807, 2.05) is 17.9 Å². The number of hydrogen-bond acceptors (Lipinski definition) is 5. The van der Waals surface area contributed by atoms with Crippen LogP contribution in [0.3, 0.4) is 0 Å². The summed E-state index contributed by atoms with van der Waals surface area (Å²) in [6.07, 6.45) is 1.69. The van der Waals surface area contributed by atoms with Gasteiger partial charge in [-0.05, 0) is 18.9 Å². The minimum Gasteiger partial charge on any atom is -0.339 e. The topological polar surface area (TPSA) is 58.4 Å². The number of hydrogen-bond donors (Lipinski definition) is 0. The average molecular weight is 415 g/mol. The highest BCUT2D eigenvalue weighted by atomic mass is 32.2. The van der Waals surface area contributed by atoms with Crippen LogP contribution in [0.15, 0.2) is 46.3 Å². The Morgan fingerprint density at radius 1 is 1.17 bits per heavy atom. The zero-order valence-corrected chi connectivity index (χ0v) is 18.3. The van der Waals surface area contributed by atoms with Gasteiger partial charge < -0.3 is 4.90 Å². The number of aromatic nitrogens is 2. The molecule has 0 bridgehead atoms. The molecule has 7 heteroatoms. The second-order valence-electron chi connectivity index (χ2n) is 7.56. The van der Waals surface area contributed by atoms with Gasteiger partial charge in [-0.2, -0.15) is 0 Å². The molecule has 1 aliphatic heterocycles. The second kappa shape index (κ2) is 10.1. The first-order valence-corrected chi connectivity index (χ1v) is 11.1. The molecule has 29 heavy (non-hydrogen) atoms. The number of nitrogens with zero attached hydrogens (tertiary/aromatic N) is 4. The van der Waals surface area contributed by atoms with Crippen LogP contribution in [-0.2, 0) is 18.4 Å². The van der Waals surface area contributed by atoms with Crippen molar-refractivity contribution in [3.63, 3.8) is 0 Å². The predicted molar refractivity (Wildman–Crippen MR) is 117 cm³/mol. The van der Waals surface area contributed by atoms with Crippen molar-refractivity contribution in [2.75, 3.05) is 26.2 Å². The fraction of sp³-hybridized carbons (Fsp3) is 0.500. The maximum atomic E-state index is 13.2. The summed E-state index contributed by atoms with van der Waals surface area (Å²) in [5, 5.41) is 0.407. The van der Waals surface area contributed by atoms with E-state index < -0.39 is 0 Å². The summed E-state index contributed by atoms with van der Waals surface area (Å²) < 4.78 is 1.53. The van der Waals surface area contributed by atoms with E-state index in [1.165, 1.54) is 28.0 Å². The molecular weight excluding hydrogens is 384 g/mol. The fourth-order valence-electron chi connectivity index (χ4n) is 3.53. The third-order valence-corrected chi connectivity index (χ3v) is 6.53. The lowest BCUT2D eigenvalue weighted by atomic mass is 10.2. The number of aryl methyl sites for hydroxylation is 1. The van der Waals surface area contributed by atoms with Gasteiger partial charge in [0.15, 0.2) is 5.16 Å². The summed E-state index contributed by atoms with van der Waals surface area (Å²) in [5.74, 6) is 0.159. The van der Waals surface area contributed by atoms with Crippen LogP contribution in [0.1, 0.15) is 31.0 Å². The van der Waals surface area contributed by atoms with Crippen LogP contribution < -0.4 is 5.56 Å². The van der Waals surface area contributed by atoms with Gasteiger partial charge in [0.05, 0.1) is 5.25 Å². The Balaban J connectivity index is 1.62. The highest BCUT2D eigenvalue weighted by Crippen LogP contribution is 2.26. The molecule has 1 atom stereocenters. The summed E-state index contributed by atoms with van der Waals surface area (Å²) in [6.45, 7) is 8.07. The van der Waals surface area contributed by atoms with Crippen LogP contribution in [0.2, 0.25) is 0 Å². The molecule has 6 nitrogen and oxygen atoms in total. The molecule has 3 rings (SSSR count). The van der Waals surface area contributed by atoms with Gasteiger partial charge in [-0.25, -0.2) is 4.98 Å².